The number of hydrogen-bond acceptors (Lipinski definition) is 2. The molecule has 84 valence electrons. The van der Waals surface area contributed by atoms with E-state index in [9.17, 15) is 0 Å². The lowest BCUT2D eigenvalue weighted by Gasteiger charge is -2.06. The van der Waals surface area contributed by atoms with E-state index >= 15 is 0 Å². The zero-order chi connectivity index (χ0) is 11.4. The zero-order valence-electron chi connectivity index (χ0n) is 9.16. The third-order valence-electron chi connectivity index (χ3n) is 2.40. The first-order chi connectivity index (χ1) is 7.75. The predicted octanol–water partition coefficient (Wildman–Crippen LogP) is 4.11. The molecule has 0 saturated heterocycles. The summed E-state index contributed by atoms with van der Waals surface area (Å²) in [6.07, 6.45) is 0. The van der Waals surface area contributed by atoms with Crippen molar-refractivity contribution in [3.63, 3.8) is 0 Å². The summed E-state index contributed by atoms with van der Waals surface area (Å²) in [5.74, 6) is 0. The van der Waals surface area contributed by atoms with Crippen LogP contribution in [0, 0.1) is 6.92 Å². The van der Waals surface area contributed by atoms with Crippen LogP contribution in [0.5, 0.6) is 0 Å². The summed E-state index contributed by atoms with van der Waals surface area (Å²) in [5, 5.41) is 5.55. The van der Waals surface area contributed by atoms with Gasteiger partial charge in [-0.25, -0.2) is 0 Å². The smallest absolute Gasteiger partial charge is 0.0302 e. The SMILES string of the molecule is Cc1ccc(CNCc2cccs2)c(Br)c1. The van der Waals surface area contributed by atoms with Crippen molar-refractivity contribution in [1.29, 1.82) is 0 Å². The fourth-order valence-corrected chi connectivity index (χ4v) is 2.84. The van der Waals surface area contributed by atoms with Gasteiger partial charge in [0.15, 0.2) is 0 Å². The first-order valence-corrected chi connectivity index (χ1v) is 6.91. The van der Waals surface area contributed by atoms with E-state index in [0.717, 1.165) is 13.1 Å². The van der Waals surface area contributed by atoms with Gasteiger partial charge in [0.05, 0.1) is 0 Å². The summed E-state index contributed by atoms with van der Waals surface area (Å²) in [4.78, 5) is 1.38. The summed E-state index contributed by atoms with van der Waals surface area (Å²) in [6.45, 7) is 3.95. The van der Waals surface area contributed by atoms with E-state index in [-0.39, 0.29) is 0 Å². The zero-order valence-corrected chi connectivity index (χ0v) is 11.6. The molecule has 16 heavy (non-hydrogen) atoms. The summed E-state index contributed by atoms with van der Waals surface area (Å²) in [7, 11) is 0. The van der Waals surface area contributed by atoms with E-state index in [1.165, 1.54) is 20.5 Å². The molecule has 1 N–H and O–H groups in total. The second-order valence-electron chi connectivity index (χ2n) is 3.78. The highest BCUT2D eigenvalue weighted by Crippen LogP contribution is 2.18. The van der Waals surface area contributed by atoms with Gasteiger partial charge in [0, 0.05) is 22.4 Å². The lowest BCUT2D eigenvalue weighted by Crippen LogP contribution is -2.12. The van der Waals surface area contributed by atoms with Crippen molar-refractivity contribution >= 4 is 27.3 Å². The molecule has 1 nitrogen and oxygen atoms in total. The molecule has 0 amide bonds. The fourth-order valence-electron chi connectivity index (χ4n) is 1.53. The number of hydrogen-bond donors (Lipinski definition) is 1. The van der Waals surface area contributed by atoms with Crippen LogP contribution in [0.15, 0.2) is 40.2 Å². The van der Waals surface area contributed by atoms with Crippen LogP contribution in [-0.4, -0.2) is 0 Å². The molecule has 0 radical (unpaired) electrons. The molecule has 3 heteroatoms. The molecule has 2 aromatic rings. The van der Waals surface area contributed by atoms with Gasteiger partial charge in [0.1, 0.15) is 0 Å². The average Bonchev–Trinajstić information content (AvgIpc) is 2.74. The summed E-state index contributed by atoms with van der Waals surface area (Å²) >= 11 is 5.38. The maximum atomic E-state index is 3.59. The van der Waals surface area contributed by atoms with Crippen LogP contribution in [0.3, 0.4) is 0 Å². The van der Waals surface area contributed by atoms with Gasteiger partial charge in [-0.2, -0.15) is 0 Å². The van der Waals surface area contributed by atoms with Crippen LogP contribution >= 0.6 is 27.3 Å². The number of aryl methyl sites for hydroxylation is 1. The van der Waals surface area contributed by atoms with E-state index in [0.29, 0.717) is 0 Å². The average molecular weight is 296 g/mol. The van der Waals surface area contributed by atoms with Crippen molar-refractivity contribution in [3.8, 4) is 0 Å². The monoisotopic (exact) mass is 295 g/mol. The van der Waals surface area contributed by atoms with Crippen molar-refractivity contribution in [2.24, 2.45) is 0 Å². The molecule has 0 unspecified atom stereocenters. The minimum Gasteiger partial charge on any atom is -0.308 e. The molecule has 1 aromatic carbocycles. The van der Waals surface area contributed by atoms with Gasteiger partial charge in [-0.15, -0.1) is 11.3 Å². The molecule has 0 saturated carbocycles. The molecule has 1 heterocycles. The molecule has 1 aromatic heterocycles. The predicted molar refractivity (Wildman–Crippen MR) is 73.7 cm³/mol. The van der Waals surface area contributed by atoms with Crippen LogP contribution in [-0.2, 0) is 13.1 Å². The van der Waals surface area contributed by atoms with Crippen LogP contribution in [0.2, 0.25) is 0 Å². The van der Waals surface area contributed by atoms with E-state index in [1.54, 1.807) is 11.3 Å². The number of thiophene rings is 1. The Balaban J connectivity index is 1.90. The molecule has 0 spiro atoms. The topological polar surface area (TPSA) is 12.0 Å². The first-order valence-electron chi connectivity index (χ1n) is 5.24. The van der Waals surface area contributed by atoms with Gasteiger partial charge >= 0.3 is 0 Å². The highest BCUT2D eigenvalue weighted by Gasteiger charge is 2.00. The van der Waals surface area contributed by atoms with Crippen LogP contribution in [0.4, 0.5) is 0 Å². The minimum absolute atomic E-state index is 0.902. The summed E-state index contributed by atoms with van der Waals surface area (Å²) < 4.78 is 1.19. The molecular formula is C13H14BrNS. The van der Waals surface area contributed by atoms with Crippen molar-refractivity contribution < 1.29 is 0 Å². The third kappa shape index (κ3) is 3.17. The number of benzene rings is 1. The molecule has 2 rings (SSSR count). The van der Waals surface area contributed by atoms with Gasteiger partial charge < -0.3 is 5.32 Å². The molecule has 0 aliphatic heterocycles. The number of halogens is 1. The molecule has 0 bridgehead atoms. The van der Waals surface area contributed by atoms with Crippen LogP contribution < -0.4 is 5.32 Å². The quantitative estimate of drug-likeness (QED) is 0.895. The van der Waals surface area contributed by atoms with E-state index in [4.69, 9.17) is 0 Å². The third-order valence-corrected chi connectivity index (χ3v) is 4.02. The Morgan fingerprint density at radius 1 is 1.25 bits per heavy atom. The van der Waals surface area contributed by atoms with Crippen molar-refractivity contribution in [2.45, 2.75) is 20.0 Å². The maximum absolute atomic E-state index is 3.59. The second kappa shape index (κ2) is 5.62. The molecule has 0 aliphatic carbocycles. The van der Waals surface area contributed by atoms with E-state index in [1.807, 2.05) is 0 Å². The first kappa shape index (κ1) is 11.8. The standard InChI is InChI=1S/C13H14BrNS/c1-10-4-5-11(13(14)7-10)8-15-9-12-3-2-6-16-12/h2-7,15H,8-9H2,1H3. The summed E-state index contributed by atoms with van der Waals surface area (Å²) in [6, 6.07) is 10.7. The Bertz CT molecular complexity index is 451. The van der Waals surface area contributed by atoms with Gasteiger partial charge in [-0.3, -0.25) is 0 Å². The van der Waals surface area contributed by atoms with Crippen molar-refractivity contribution in [1.82, 2.24) is 5.32 Å². The fraction of sp³-hybridized carbons (Fsp3) is 0.231. The number of rotatable bonds is 4. The second-order valence-corrected chi connectivity index (χ2v) is 5.66. The minimum atomic E-state index is 0.902. The summed E-state index contributed by atoms with van der Waals surface area (Å²) in [5.41, 5.74) is 2.59. The maximum Gasteiger partial charge on any atom is 0.0302 e. The lowest BCUT2D eigenvalue weighted by atomic mass is 10.1. The lowest BCUT2D eigenvalue weighted by molar-refractivity contribution is 0.699. The van der Waals surface area contributed by atoms with E-state index in [2.05, 4.69) is 63.9 Å². The van der Waals surface area contributed by atoms with Crippen molar-refractivity contribution in [3.05, 3.63) is 56.2 Å². The van der Waals surface area contributed by atoms with Crippen molar-refractivity contribution in [2.75, 3.05) is 0 Å². The van der Waals surface area contributed by atoms with Gasteiger partial charge in [-0.1, -0.05) is 34.1 Å². The Hall–Kier alpha value is -0.640. The van der Waals surface area contributed by atoms with Gasteiger partial charge in [0.25, 0.3) is 0 Å². The van der Waals surface area contributed by atoms with Crippen LogP contribution in [0.1, 0.15) is 16.0 Å². The highest BCUT2D eigenvalue weighted by molar-refractivity contribution is 9.10. The Kier molecular flexibility index (Phi) is 4.16. The van der Waals surface area contributed by atoms with Gasteiger partial charge in [-0.05, 0) is 35.6 Å². The number of nitrogens with one attached hydrogen (secondary N) is 1. The molecular weight excluding hydrogens is 282 g/mol. The van der Waals surface area contributed by atoms with E-state index < -0.39 is 0 Å². The normalized spacial score (nSPS) is 10.6. The molecule has 0 aliphatic rings. The Morgan fingerprint density at radius 2 is 2.12 bits per heavy atom. The molecule has 0 fully saturated rings. The van der Waals surface area contributed by atoms with Crippen LogP contribution in [0.25, 0.3) is 0 Å². The highest BCUT2D eigenvalue weighted by atomic mass is 79.9. The Morgan fingerprint density at radius 3 is 2.81 bits per heavy atom. The van der Waals surface area contributed by atoms with Gasteiger partial charge in [0.2, 0.25) is 0 Å². The largest absolute Gasteiger partial charge is 0.308 e. The molecule has 0 atom stereocenters. The Labute approximate surface area is 109 Å².